The number of aromatic nitrogens is 3. The number of nitrogens with zero attached hydrogens (tertiary/aromatic N) is 3. The first kappa shape index (κ1) is 17.2. The number of carbonyl (C=O) groups is 1. The number of rotatable bonds is 4. The minimum Gasteiger partial charge on any atom is -0.345 e. The van der Waals surface area contributed by atoms with Crippen LogP contribution >= 0.6 is 0 Å². The van der Waals surface area contributed by atoms with Gasteiger partial charge in [0, 0.05) is 7.05 Å². The molecule has 1 fully saturated rings. The molecule has 1 saturated carbocycles. The predicted molar refractivity (Wildman–Crippen MR) is 82.7 cm³/mol. The zero-order chi connectivity index (χ0) is 18.4. The van der Waals surface area contributed by atoms with Crippen LogP contribution in [0.2, 0.25) is 0 Å². The van der Waals surface area contributed by atoms with Crippen molar-refractivity contribution in [3.8, 4) is 0 Å². The summed E-state index contributed by atoms with van der Waals surface area (Å²) in [5, 5.41) is 6.73. The summed E-state index contributed by atoms with van der Waals surface area (Å²) in [6.45, 7) is 1.36. The molecule has 0 spiro atoms. The topological polar surface area (TPSA) is 68.9 Å². The molecule has 1 aliphatic carbocycles. The molecular weight excluding hydrogens is 337 g/mol. The molecule has 9 heteroatoms. The second-order valence-electron chi connectivity index (χ2n) is 6.26. The maximum absolute atomic E-state index is 12.9. The number of halogens is 3. The standard InChI is InChI=1S/C16H17F3N4O2/c1-10-21-23(14(25)22(10)2)9-13(24)20-15(6-7-15)11-4-3-5-12(8-11)16(17,18)19/h3-5,8H,6-7,9H2,1-2H3,(H,20,24). The minimum atomic E-state index is -4.44. The largest absolute Gasteiger partial charge is 0.416 e. The lowest BCUT2D eigenvalue weighted by atomic mass is 10.0. The Hall–Kier alpha value is -2.58. The molecule has 0 atom stereocenters. The van der Waals surface area contributed by atoms with E-state index in [1.165, 1.54) is 10.6 Å². The molecule has 1 amide bonds. The summed E-state index contributed by atoms with van der Waals surface area (Å²) in [5.74, 6) is 0.00641. The molecule has 0 unspecified atom stereocenters. The van der Waals surface area contributed by atoms with Gasteiger partial charge in [0.15, 0.2) is 0 Å². The molecular formula is C16H17F3N4O2. The average Bonchev–Trinajstić information content (AvgIpc) is 3.28. The number of hydrogen-bond donors (Lipinski definition) is 1. The fourth-order valence-electron chi connectivity index (χ4n) is 2.75. The lowest BCUT2D eigenvalue weighted by molar-refractivity contribution is -0.137. The van der Waals surface area contributed by atoms with Gasteiger partial charge in [0.2, 0.25) is 5.91 Å². The van der Waals surface area contributed by atoms with Gasteiger partial charge < -0.3 is 5.32 Å². The lowest BCUT2D eigenvalue weighted by Gasteiger charge is -2.19. The SMILES string of the molecule is Cc1nn(CC(=O)NC2(c3cccc(C(F)(F)F)c3)CC2)c(=O)n1C. The monoisotopic (exact) mass is 354 g/mol. The van der Waals surface area contributed by atoms with E-state index in [0.717, 1.165) is 16.8 Å². The van der Waals surface area contributed by atoms with Crippen molar-refractivity contribution in [3.05, 3.63) is 51.7 Å². The van der Waals surface area contributed by atoms with Gasteiger partial charge in [0.25, 0.3) is 0 Å². The Morgan fingerprint density at radius 3 is 2.56 bits per heavy atom. The number of alkyl halides is 3. The molecule has 0 aliphatic heterocycles. The van der Waals surface area contributed by atoms with Crippen LogP contribution in [-0.2, 0) is 30.1 Å². The van der Waals surface area contributed by atoms with Crippen LogP contribution in [0.15, 0.2) is 29.1 Å². The van der Waals surface area contributed by atoms with Crippen molar-refractivity contribution < 1.29 is 18.0 Å². The fourth-order valence-corrected chi connectivity index (χ4v) is 2.75. The van der Waals surface area contributed by atoms with Gasteiger partial charge in [-0.3, -0.25) is 9.36 Å². The summed E-state index contributed by atoms with van der Waals surface area (Å²) >= 11 is 0. The van der Waals surface area contributed by atoms with E-state index in [-0.39, 0.29) is 6.54 Å². The van der Waals surface area contributed by atoms with Crippen LogP contribution in [0, 0.1) is 6.92 Å². The number of aryl methyl sites for hydroxylation is 1. The Morgan fingerprint density at radius 1 is 1.36 bits per heavy atom. The van der Waals surface area contributed by atoms with Crippen molar-refractivity contribution in [1.29, 1.82) is 0 Å². The van der Waals surface area contributed by atoms with Crippen LogP contribution in [0.3, 0.4) is 0 Å². The Bertz CT molecular complexity index is 878. The summed E-state index contributed by atoms with van der Waals surface area (Å²) in [7, 11) is 1.55. The van der Waals surface area contributed by atoms with E-state index in [0.29, 0.717) is 24.2 Å². The summed E-state index contributed by atoms with van der Waals surface area (Å²) in [4.78, 5) is 24.1. The van der Waals surface area contributed by atoms with Crippen molar-refractivity contribution in [2.45, 2.75) is 38.0 Å². The summed E-state index contributed by atoms with van der Waals surface area (Å²) < 4.78 is 41.0. The second kappa shape index (κ2) is 5.75. The predicted octanol–water partition coefficient (Wildman–Crippen LogP) is 1.71. The number of nitrogens with one attached hydrogen (secondary N) is 1. The Balaban J connectivity index is 1.77. The number of carbonyl (C=O) groups excluding carboxylic acids is 1. The van der Waals surface area contributed by atoms with Crippen LogP contribution in [0.25, 0.3) is 0 Å². The molecule has 1 N–H and O–H groups in total. The summed E-state index contributed by atoms with van der Waals surface area (Å²) in [6.07, 6.45) is -3.33. The third-order valence-electron chi connectivity index (χ3n) is 4.42. The Morgan fingerprint density at radius 2 is 2.04 bits per heavy atom. The van der Waals surface area contributed by atoms with Crippen molar-refractivity contribution >= 4 is 5.91 Å². The minimum absolute atomic E-state index is 0.277. The highest BCUT2D eigenvalue weighted by atomic mass is 19.4. The maximum Gasteiger partial charge on any atom is 0.416 e. The molecule has 2 aromatic rings. The van der Waals surface area contributed by atoms with E-state index in [4.69, 9.17) is 0 Å². The normalized spacial score (nSPS) is 15.9. The summed E-state index contributed by atoms with van der Waals surface area (Å²) in [5.41, 5.74) is -1.55. The van der Waals surface area contributed by atoms with E-state index >= 15 is 0 Å². The van der Waals surface area contributed by atoms with Crippen molar-refractivity contribution in [2.75, 3.05) is 0 Å². The van der Waals surface area contributed by atoms with Gasteiger partial charge in [0.1, 0.15) is 12.4 Å². The lowest BCUT2D eigenvalue weighted by Crippen LogP contribution is -2.39. The third-order valence-corrected chi connectivity index (χ3v) is 4.42. The highest BCUT2D eigenvalue weighted by Gasteiger charge is 2.46. The van der Waals surface area contributed by atoms with Gasteiger partial charge in [-0.1, -0.05) is 12.1 Å². The van der Waals surface area contributed by atoms with Gasteiger partial charge in [-0.2, -0.15) is 18.3 Å². The average molecular weight is 354 g/mol. The molecule has 1 heterocycles. The maximum atomic E-state index is 12.9. The van der Waals surface area contributed by atoms with Gasteiger partial charge in [0.05, 0.1) is 11.1 Å². The first-order chi connectivity index (χ1) is 11.6. The van der Waals surface area contributed by atoms with E-state index in [1.54, 1.807) is 20.0 Å². The quantitative estimate of drug-likeness (QED) is 0.909. The molecule has 1 aromatic heterocycles. The Labute approximate surface area is 141 Å². The van der Waals surface area contributed by atoms with Crippen molar-refractivity contribution in [1.82, 2.24) is 19.7 Å². The van der Waals surface area contributed by atoms with Gasteiger partial charge in [-0.15, -0.1) is 0 Å². The van der Waals surface area contributed by atoms with E-state index in [2.05, 4.69) is 10.4 Å². The highest BCUT2D eigenvalue weighted by molar-refractivity contribution is 5.77. The van der Waals surface area contributed by atoms with E-state index < -0.39 is 28.9 Å². The Kier molecular flexibility index (Phi) is 3.97. The van der Waals surface area contributed by atoms with Gasteiger partial charge >= 0.3 is 11.9 Å². The molecule has 25 heavy (non-hydrogen) atoms. The smallest absolute Gasteiger partial charge is 0.345 e. The molecule has 0 saturated heterocycles. The highest BCUT2D eigenvalue weighted by Crippen LogP contribution is 2.46. The molecule has 3 rings (SSSR count). The number of hydrogen-bond acceptors (Lipinski definition) is 3. The molecule has 0 bridgehead atoms. The molecule has 0 radical (unpaired) electrons. The second-order valence-corrected chi connectivity index (χ2v) is 6.26. The van der Waals surface area contributed by atoms with Gasteiger partial charge in [-0.25, -0.2) is 9.48 Å². The van der Waals surface area contributed by atoms with E-state index in [1.807, 2.05) is 0 Å². The van der Waals surface area contributed by atoms with E-state index in [9.17, 15) is 22.8 Å². The molecule has 1 aliphatic rings. The molecule has 6 nitrogen and oxygen atoms in total. The van der Waals surface area contributed by atoms with Gasteiger partial charge in [-0.05, 0) is 37.5 Å². The fraction of sp³-hybridized carbons (Fsp3) is 0.438. The first-order valence-electron chi connectivity index (χ1n) is 7.72. The summed E-state index contributed by atoms with van der Waals surface area (Å²) in [6, 6.07) is 4.96. The van der Waals surface area contributed by atoms with Crippen LogP contribution in [0.5, 0.6) is 0 Å². The van der Waals surface area contributed by atoms with Crippen LogP contribution in [0.4, 0.5) is 13.2 Å². The van der Waals surface area contributed by atoms with Crippen LogP contribution in [0.1, 0.15) is 29.8 Å². The zero-order valence-corrected chi connectivity index (χ0v) is 13.7. The molecule has 1 aromatic carbocycles. The first-order valence-corrected chi connectivity index (χ1v) is 7.72. The number of benzene rings is 1. The van der Waals surface area contributed by atoms with Crippen molar-refractivity contribution in [2.24, 2.45) is 7.05 Å². The zero-order valence-electron chi connectivity index (χ0n) is 13.7. The third kappa shape index (κ3) is 3.31. The van der Waals surface area contributed by atoms with Crippen LogP contribution < -0.4 is 11.0 Å². The number of amides is 1. The van der Waals surface area contributed by atoms with Crippen molar-refractivity contribution in [3.63, 3.8) is 0 Å². The van der Waals surface area contributed by atoms with Crippen LogP contribution in [-0.4, -0.2) is 20.3 Å². The molecule has 134 valence electrons.